The monoisotopic (exact) mass is 653 g/mol. The molecule has 0 aliphatic heterocycles. The first-order valence-electron chi connectivity index (χ1n) is 12.6. The molecule has 3 aromatic rings. The van der Waals surface area contributed by atoms with E-state index in [2.05, 4.69) is 21.2 Å². The number of ether oxygens (including phenoxy) is 2. The minimum absolute atomic E-state index is 0.0323. The van der Waals surface area contributed by atoms with E-state index in [-0.39, 0.29) is 47.8 Å². The molecular weight excluding hydrogens is 627 g/mol. The average molecular weight is 655 g/mol. The number of hydrogen-bond acceptors (Lipinski definition) is 5. The number of nitrogens with one attached hydrogen (secondary N) is 1. The number of amides is 1. The first-order chi connectivity index (χ1) is 19.4. The van der Waals surface area contributed by atoms with Gasteiger partial charge in [-0.05, 0) is 73.0 Å². The van der Waals surface area contributed by atoms with Crippen molar-refractivity contribution in [3.05, 3.63) is 92.4 Å². The maximum atomic E-state index is 13.2. The highest BCUT2D eigenvalue weighted by Gasteiger charge is 2.40. The Labute approximate surface area is 249 Å². The number of hydrogen-bond donors (Lipinski definition) is 1. The van der Waals surface area contributed by atoms with Crippen LogP contribution in [-0.4, -0.2) is 44.0 Å². The van der Waals surface area contributed by atoms with Crippen molar-refractivity contribution < 1.29 is 37.0 Å². The van der Waals surface area contributed by atoms with E-state index in [0.29, 0.717) is 29.2 Å². The maximum absolute atomic E-state index is 13.2. The maximum Gasteiger partial charge on any atom is 0.398 e. The van der Waals surface area contributed by atoms with Crippen LogP contribution in [0, 0.1) is 5.92 Å². The highest BCUT2D eigenvalue weighted by Crippen LogP contribution is 2.29. The van der Waals surface area contributed by atoms with Crippen molar-refractivity contribution in [1.82, 2.24) is 0 Å². The third kappa shape index (κ3) is 9.41. The molecule has 0 aliphatic rings. The van der Waals surface area contributed by atoms with E-state index >= 15 is 0 Å². The summed E-state index contributed by atoms with van der Waals surface area (Å²) >= 11 is 9.62. The number of anilines is 1. The molecule has 218 valence electrons. The van der Waals surface area contributed by atoms with Gasteiger partial charge < -0.3 is 14.8 Å². The van der Waals surface area contributed by atoms with Crippen molar-refractivity contribution in [3.8, 4) is 5.75 Å². The van der Waals surface area contributed by atoms with Crippen molar-refractivity contribution in [1.29, 1.82) is 0 Å². The highest BCUT2D eigenvalue weighted by molar-refractivity contribution is 9.10. The minimum atomic E-state index is -4.60. The summed E-state index contributed by atoms with van der Waals surface area (Å²) in [5, 5.41) is 2.98. The van der Waals surface area contributed by atoms with Gasteiger partial charge >= 0.3 is 6.18 Å². The SMILES string of the molecule is COCCOc1ccc(CC(=O)c2cc(CCC(=O)C(C)C(F)(F)F)ccc2Cl)cc1C(=O)Nc1ccc(Br)cc1. The summed E-state index contributed by atoms with van der Waals surface area (Å²) in [6, 6.07) is 16.4. The molecule has 0 radical (unpaired) electrons. The zero-order chi connectivity index (χ0) is 30.2. The number of aryl methyl sites for hydroxylation is 1. The van der Waals surface area contributed by atoms with Crippen molar-refractivity contribution in [2.45, 2.75) is 32.4 Å². The lowest BCUT2D eigenvalue weighted by molar-refractivity contribution is -0.177. The molecule has 1 amide bonds. The van der Waals surface area contributed by atoms with Gasteiger partial charge in [-0.3, -0.25) is 14.4 Å². The Morgan fingerprint density at radius 3 is 2.27 bits per heavy atom. The smallest absolute Gasteiger partial charge is 0.398 e. The van der Waals surface area contributed by atoms with Gasteiger partial charge in [-0.25, -0.2) is 0 Å². The summed E-state index contributed by atoms with van der Waals surface area (Å²) in [5.41, 5.74) is 1.98. The summed E-state index contributed by atoms with van der Waals surface area (Å²) in [6.07, 6.45) is -5.00. The zero-order valence-corrected chi connectivity index (χ0v) is 24.7. The van der Waals surface area contributed by atoms with E-state index in [4.69, 9.17) is 21.1 Å². The number of Topliss-reactive ketones (excluding diaryl/α,β-unsaturated/α-hetero) is 2. The number of carbonyl (C=O) groups is 3. The Balaban J connectivity index is 1.79. The lowest BCUT2D eigenvalue weighted by Crippen LogP contribution is -2.28. The number of ketones is 2. The summed E-state index contributed by atoms with van der Waals surface area (Å²) in [6.45, 7) is 1.35. The minimum Gasteiger partial charge on any atom is -0.490 e. The van der Waals surface area contributed by atoms with Crippen LogP contribution in [0.1, 0.15) is 45.2 Å². The Kier molecular flexibility index (Phi) is 11.5. The number of methoxy groups -OCH3 is 1. The molecule has 1 unspecified atom stereocenters. The second-order valence-corrected chi connectivity index (χ2v) is 10.6. The lowest BCUT2D eigenvalue weighted by Gasteiger charge is -2.15. The quantitative estimate of drug-likeness (QED) is 0.152. The number of rotatable bonds is 13. The standard InChI is InChI=1S/C30H28BrClF3NO5/c1-18(30(33,34)35)26(37)11-4-19-3-10-25(32)23(15-19)27(38)17-20-5-12-28(41-14-13-40-2)24(16-20)29(39)36-22-8-6-21(31)7-9-22/h3,5-10,12,15-16,18H,4,11,13-14,17H2,1-2H3,(H,36,39). The van der Waals surface area contributed by atoms with Crippen LogP contribution in [0.4, 0.5) is 18.9 Å². The molecule has 6 nitrogen and oxygen atoms in total. The number of benzene rings is 3. The van der Waals surface area contributed by atoms with Gasteiger partial charge in [0.25, 0.3) is 5.91 Å². The Bertz CT molecular complexity index is 1400. The molecule has 0 bridgehead atoms. The van der Waals surface area contributed by atoms with Gasteiger partial charge in [-0.2, -0.15) is 13.2 Å². The van der Waals surface area contributed by atoms with Crippen LogP contribution in [0.5, 0.6) is 5.75 Å². The third-order valence-electron chi connectivity index (χ3n) is 6.27. The summed E-state index contributed by atoms with van der Waals surface area (Å²) in [7, 11) is 1.53. The fourth-order valence-corrected chi connectivity index (χ4v) is 4.33. The van der Waals surface area contributed by atoms with Crippen LogP contribution in [0.25, 0.3) is 0 Å². The van der Waals surface area contributed by atoms with Crippen molar-refractivity contribution in [3.63, 3.8) is 0 Å². The van der Waals surface area contributed by atoms with Crippen LogP contribution in [-0.2, 0) is 22.4 Å². The normalized spacial score (nSPS) is 12.1. The van der Waals surface area contributed by atoms with Crippen molar-refractivity contribution >= 4 is 50.7 Å². The lowest BCUT2D eigenvalue weighted by atomic mass is 9.96. The fourth-order valence-electron chi connectivity index (χ4n) is 3.85. The molecular formula is C30H28BrClF3NO5. The van der Waals surface area contributed by atoms with Crippen molar-refractivity contribution in [2.75, 3.05) is 25.6 Å². The van der Waals surface area contributed by atoms with Gasteiger partial charge in [-0.15, -0.1) is 0 Å². The molecule has 3 aromatic carbocycles. The average Bonchev–Trinajstić information content (AvgIpc) is 2.93. The van der Waals surface area contributed by atoms with E-state index in [1.54, 1.807) is 48.5 Å². The number of alkyl halides is 3. The molecule has 0 aromatic heterocycles. The molecule has 1 atom stereocenters. The van der Waals surface area contributed by atoms with E-state index in [0.717, 1.165) is 11.4 Å². The summed E-state index contributed by atoms with van der Waals surface area (Å²) in [5.74, 6) is -3.48. The Morgan fingerprint density at radius 2 is 1.61 bits per heavy atom. The van der Waals surface area contributed by atoms with E-state index < -0.39 is 23.8 Å². The predicted molar refractivity (Wildman–Crippen MR) is 154 cm³/mol. The molecule has 41 heavy (non-hydrogen) atoms. The number of carbonyl (C=O) groups excluding carboxylic acids is 3. The molecule has 0 saturated heterocycles. The van der Waals surface area contributed by atoms with Gasteiger partial charge in [0.1, 0.15) is 24.1 Å². The topological polar surface area (TPSA) is 81.7 Å². The second-order valence-electron chi connectivity index (χ2n) is 9.28. The predicted octanol–water partition coefficient (Wildman–Crippen LogP) is 7.51. The van der Waals surface area contributed by atoms with E-state index in [9.17, 15) is 27.6 Å². The van der Waals surface area contributed by atoms with Crippen LogP contribution in [0.2, 0.25) is 5.02 Å². The second kappa shape index (κ2) is 14.6. The molecule has 3 rings (SSSR count). The molecule has 0 spiro atoms. The Hall–Kier alpha value is -3.21. The first kappa shape index (κ1) is 32.3. The van der Waals surface area contributed by atoms with Gasteiger partial charge in [0.15, 0.2) is 5.78 Å². The molecule has 0 heterocycles. The van der Waals surface area contributed by atoms with Crippen LogP contribution >= 0.6 is 27.5 Å². The van der Waals surface area contributed by atoms with E-state index in [1.165, 1.54) is 19.2 Å². The third-order valence-corrected chi connectivity index (χ3v) is 7.12. The van der Waals surface area contributed by atoms with Gasteiger partial charge in [-0.1, -0.05) is 39.7 Å². The van der Waals surface area contributed by atoms with Gasteiger partial charge in [0.2, 0.25) is 0 Å². The molecule has 1 N–H and O–H groups in total. The molecule has 11 heteroatoms. The van der Waals surface area contributed by atoms with Crippen LogP contribution < -0.4 is 10.1 Å². The van der Waals surface area contributed by atoms with Crippen LogP contribution in [0.15, 0.2) is 65.1 Å². The van der Waals surface area contributed by atoms with Gasteiger partial charge in [0, 0.05) is 35.7 Å². The zero-order valence-electron chi connectivity index (χ0n) is 22.3. The molecule has 0 aliphatic carbocycles. The Morgan fingerprint density at radius 1 is 0.951 bits per heavy atom. The van der Waals surface area contributed by atoms with Crippen LogP contribution in [0.3, 0.4) is 0 Å². The van der Waals surface area contributed by atoms with Crippen molar-refractivity contribution in [2.24, 2.45) is 5.92 Å². The van der Waals surface area contributed by atoms with Gasteiger partial charge in [0.05, 0.1) is 17.2 Å². The largest absolute Gasteiger partial charge is 0.490 e. The summed E-state index contributed by atoms with van der Waals surface area (Å²) < 4.78 is 50.1. The highest BCUT2D eigenvalue weighted by atomic mass is 79.9. The first-order valence-corrected chi connectivity index (χ1v) is 13.8. The molecule has 0 saturated carbocycles. The van der Waals surface area contributed by atoms with E-state index in [1.807, 2.05) is 0 Å². The summed E-state index contributed by atoms with van der Waals surface area (Å²) in [4.78, 5) is 38.3. The number of halogens is 5. The fraction of sp³-hybridized carbons (Fsp3) is 0.300. The molecule has 0 fully saturated rings.